The average Bonchev–Trinajstić information content (AvgIpc) is 1.97. The predicted molar refractivity (Wildman–Crippen MR) is 76.0 cm³/mol. The van der Waals surface area contributed by atoms with Crippen molar-refractivity contribution in [2.75, 3.05) is 6.61 Å². The van der Waals surface area contributed by atoms with E-state index in [0.29, 0.717) is 0 Å². The molecule has 0 aliphatic carbocycles. The Hall–Kier alpha value is -2.24. The highest BCUT2D eigenvalue weighted by atomic mass is 16.4. The van der Waals surface area contributed by atoms with Gasteiger partial charge < -0.3 is 37.8 Å². The van der Waals surface area contributed by atoms with Crippen molar-refractivity contribution in [2.24, 2.45) is 0 Å². The fourth-order valence-electron chi connectivity index (χ4n) is 0. The molecule has 0 saturated carbocycles. The van der Waals surface area contributed by atoms with Gasteiger partial charge in [-0.05, 0) is 6.92 Å². The van der Waals surface area contributed by atoms with Gasteiger partial charge in [0.05, 0.1) is 0 Å². The van der Waals surface area contributed by atoms with Crippen LogP contribution in [0.4, 0.5) is 0 Å². The first-order chi connectivity index (χ1) is 8.34. The van der Waals surface area contributed by atoms with Crippen molar-refractivity contribution < 1.29 is 44.7 Å². The van der Waals surface area contributed by atoms with E-state index in [1.807, 2.05) is 0 Å². The van der Waals surface area contributed by atoms with Crippen LogP contribution in [-0.4, -0.2) is 56.0 Å². The molecule has 0 unspecified atom stereocenters. The predicted octanol–water partition coefficient (Wildman–Crippen LogP) is 0.686. The Morgan fingerprint density at radius 1 is 0.619 bits per heavy atom. The molecule has 11 heteroatoms. The van der Waals surface area contributed by atoms with Crippen LogP contribution in [0.2, 0.25) is 0 Å². The van der Waals surface area contributed by atoms with E-state index in [1.54, 1.807) is 6.92 Å². The topological polar surface area (TPSA) is 239 Å². The van der Waals surface area contributed by atoms with Crippen molar-refractivity contribution in [3.05, 3.63) is 0 Å². The van der Waals surface area contributed by atoms with Crippen molar-refractivity contribution in [3.63, 3.8) is 0 Å². The number of carboxylic acids is 4. The minimum absolute atomic E-state index is 0. The first kappa shape index (κ1) is 42.8. The van der Waals surface area contributed by atoms with Gasteiger partial charge in [-0.2, -0.15) is 0 Å². The van der Waals surface area contributed by atoms with Gasteiger partial charge in [-0.25, -0.2) is 0 Å². The van der Waals surface area contributed by atoms with E-state index < -0.39 is 23.9 Å². The van der Waals surface area contributed by atoms with Crippen LogP contribution < -0.4 is 12.3 Å². The van der Waals surface area contributed by atoms with Gasteiger partial charge in [0.25, 0.3) is 23.9 Å². The molecule has 21 heavy (non-hydrogen) atoms. The summed E-state index contributed by atoms with van der Waals surface area (Å²) < 4.78 is 0. The Morgan fingerprint density at radius 3 is 0.619 bits per heavy atom. The zero-order chi connectivity index (χ0) is 17.0. The molecule has 0 radical (unpaired) electrons. The Bertz CT molecular complexity index is 181. The number of hydrogen-bond acceptors (Lipinski definition) is 7. The fraction of sp³-hybridized carbons (Fsp3) is 0.600. The Labute approximate surface area is 123 Å². The van der Waals surface area contributed by atoms with E-state index in [-0.39, 0.29) is 18.9 Å². The lowest BCUT2D eigenvalue weighted by Gasteiger charge is -1.59. The number of carbonyl (C=O) groups is 4. The molecule has 0 aromatic carbocycles. The molecular weight excluding hydrogens is 292 g/mol. The third-order valence-electron chi connectivity index (χ3n) is 0. The van der Waals surface area contributed by atoms with Crippen molar-refractivity contribution in [1.29, 1.82) is 0 Å². The highest BCUT2D eigenvalue weighted by Crippen LogP contribution is 1.43. The quantitative estimate of drug-likeness (QED) is 0.327. The van der Waals surface area contributed by atoms with Gasteiger partial charge >= 0.3 is 0 Å². The third kappa shape index (κ3) is 879. The summed E-state index contributed by atoms with van der Waals surface area (Å²) in [5, 5.41) is 37.2. The van der Waals surface area contributed by atoms with Gasteiger partial charge in [0.15, 0.2) is 0 Å². The number of aliphatic hydroxyl groups excluding tert-OH is 1. The summed E-state index contributed by atoms with van der Waals surface area (Å²) in [5.74, 6) is -3.33. The van der Waals surface area contributed by atoms with Crippen LogP contribution in [0.25, 0.3) is 0 Å². The molecule has 0 rings (SSSR count). The second-order valence-corrected chi connectivity index (χ2v) is 2.39. The van der Waals surface area contributed by atoms with Gasteiger partial charge in [0.1, 0.15) is 0 Å². The number of hydrogen-bond donors (Lipinski definition) is 7. The Morgan fingerprint density at radius 2 is 0.619 bits per heavy atom. The normalized spacial score (nSPS) is 5.62. The molecule has 0 aromatic heterocycles. The zero-order valence-electron chi connectivity index (χ0n) is 13.0. The molecule has 0 fully saturated rings. The molecule has 132 valence electrons. The van der Waals surface area contributed by atoms with Gasteiger partial charge in [-0.15, -0.1) is 0 Å². The Kier molecular flexibility index (Phi) is 87.8. The zero-order valence-corrected chi connectivity index (χ0v) is 13.0. The smallest absolute Gasteiger partial charge is 0.300 e. The second-order valence-electron chi connectivity index (χ2n) is 2.39. The molecule has 0 saturated heterocycles. The molecule has 0 amide bonds. The van der Waals surface area contributed by atoms with E-state index in [4.69, 9.17) is 44.7 Å². The summed E-state index contributed by atoms with van der Waals surface area (Å²) in [7, 11) is 0. The molecule has 11 N–H and O–H groups in total. The molecule has 0 aliphatic rings. The summed E-state index contributed by atoms with van der Waals surface area (Å²) in [4.78, 5) is 36.0. The lowest BCUT2D eigenvalue weighted by atomic mass is 10.9. The largest absolute Gasteiger partial charge is 0.481 e. The Balaban J connectivity index is -0.0000000229. The van der Waals surface area contributed by atoms with Crippen molar-refractivity contribution in [1.82, 2.24) is 12.3 Å². The molecule has 0 aromatic rings. The van der Waals surface area contributed by atoms with Gasteiger partial charge in [-0.3, -0.25) is 19.2 Å². The van der Waals surface area contributed by atoms with Crippen LogP contribution in [0.3, 0.4) is 0 Å². The van der Waals surface area contributed by atoms with E-state index in [2.05, 4.69) is 0 Å². The first-order valence-electron chi connectivity index (χ1n) is 4.73. The van der Waals surface area contributed by atoms with E-state index >= 15 is 0 Å². The summed E-state index contributed by atoms with van der Waals surface area (Å²) in [5.41, 5.74) is 0. The van der Waals surface area contributed by atoms with Crippen LogP contribution in [0.15, 0.2) is 0 Å². The lowest BCUT2D eigenvalue weighted by molar-refractivity contribution is -0.135. The SMILES string of the molecule is CC(=O)O.CC(=O)O.CC(=O)O.CC(=O)O.CCO.N.N. The van der Waals surface area contributed by atoms with Gasteiger partial charge in [0, 0.05) is 34.3 Å². The molecule has 0 spiro atoms. The number of aliphatic carboxylic acids is 4. The molecule has 0 aliphatic heterocycles. The summed E-state index contributed by atoms with van der Waals surface area (Å²) in [6, 6.07) is 0. The van der Waals surface area contributed by atoms with Crippen LogP contribution in [0, 0.1) is 0 Å². The standard InChI is InChI=1S/4C2H4O2.C2H6O.2H3N/c4*1-2(3)4;1-2-3;;/h4*1H3,(H,3,4);3H,2H2,1H3;2*1H3. The second kappa shape index (κ2) is 43.1. The average molecular weight is 320 g/mol. The third-order valence-corrected chi connectivity index (χ3v) is 0. The van der Waals surface area contributed by atoms with Crippen molar-refractivity contribution >= 4 is 23.9 Å². The molecule has 0 bridgehead atoms. The fourth-order valence-corrected chi connectivity index (χ4v) is 0. The van der Waals surface area contributed by atoms with Gasteiger partial charge in [0.2, 0.25) is 0 Å². The molecular formula is C10H28N2O9. The summed E-state index contributed by atoms with van der Waals surface area (Å²) in [6.45, 7) is 6.26. The van der Waals surface area contributed by atoms with E-state index in [9.17, 15) is 0 Å². The van der Waals surface area contributed by atoms with Gasteiger partial charge in [-0.1, -0.05) is 0 Å². The minimum atomic E-state index is -0.833. The van der Waals surface area contributed by atoms with Crippen LogP contribution >= 0.6 is 0 Å². The monoisotopic (exact) mass is 320 g/mol. The summed E-state index contributed by atoms with van der Waals surface area (Å²) >= 11 is 0. The number of aliphatic hydroxyl groups is 1. The summed E-state index contributed by atoms with van der Waals surface area (Å²) in [6.07, 6.45) is 0. The first-order valence-corrected chi connectivity index (χ1v) is 4.73. The van der Waals surface area contributed by atoms with E-state index in [0.717, 1.165) is 27.7 Å². The van der Waals surface area contributed by atoms with Crippen LogP contribution in [0.1, 0.15) is 34.6 Å². The highest BCUT2D eigenvalue weighted by Gasteiger charge is 1.66. The minimum Gasteiger partial charge on any atom is -0.481 e. The van der Waals surface area contributed by atoms with Crippen molar-refractivity contribution in [2.45, 2.75) is 34.6 Å². The number of rotatable bonds is 0. The maximum atomic E-state index is 9.00. The number of carboxylic acid groups (broad SMARTS) is 4. The van der Waals surface area contributed by atoms with Crippen molar-refractivity contribution in [3.8, 4) is 0 Å². The maximum Gasteiger partial charge on any atom is 0.300 e. The molecule has 0 atom stereocenters. The molecule has 11 nitrogen and oxygen atoms in total. The molecule has 0 heterocycles. The van der Waals surface area contributed by atoms with Crippen LogP contribution in [0.5, 0.6) is 0 Å². The maximum absolute atomic E-state index is 9.00. The van der Waals surface area contributed by atoms with Crippen LogP contribution in [-0.2, 0) is 19.2 Å². The highest BCUT2D eigenvalue weighted by molar-refractivity contribution is 5.63. The van der Waals surface area contributed by atoms with E-state index in [1.165, 1.54) is 0 Å². The lowest BCUT2D eigenvalue weighted by Crippen LogP contribution is -1.78.